The Kier molecular flexibility index (Phi) is 6.52. The molecule has 2 aliphatic heterocycles. The van der Waals surface area contributed by atoms with E-state index in [2.05, 4.69) is 4.74 Å². The van der Waals surface area contributed by atoms with E-state index in [0.717, 1.165) is 0 Å². The first-order valence-electron chi connectivity index (χ1n) is 6.63. The van der Waals surface area contributed by atoms with Crippen LogP contribution in [0.25, 0.3) is 0 Å². The first kappa shape index (κ1) is 16.8. The van der Waals surface area contributed by atoms with Crippen molar-refractivity contribution in [3.8, 4) is 0 Å². The number of methoxy groups -OCH3 is 1. The summed E-state index contributed by atoms with van der Waals surface area (Å²) in [6.45, 7) is 6.05. The van der Waals surface area contributed by atoms with Crippen LogP contribution in [0, 0.1) is 0 Å². The Morgan fingerprint density at radius 2 is 2.05 bits per heavy atom. The number of esters is 2. The molecule has 0 saturated carbocycles. The molecule has 0 aromatic carbocycles. The average molecular weight is 296 g/mol. The topological polar surface area (TPSA) is 71.1 Å². The van der Waals surface area contributed by atoms with Gasteiger partial charge in [-0.3, -0.25) is 0 Å². The van der Waals surface area contributed by atoms with Crippen LogP contribution in [0.2, 0.25) is 0 Å². The van der Waals surface area contributed by atoms with Crippen LogP contribution in [0.3, 0.4) is 0 Å². The number of allylic oxidation sites excluding steroid dienone is 1. The quantitative estimate of drug-likeness (QED) is 0.452. The molecule has 1 atom stereocenters. The monoisotopic (exact) mass is 296 g/mol. The number of hydrogen-bond acceptors (Lipinski definition) is 6. The molecule has 0 aromatic heterocycles. The lowest BCUT2D eigenvalue weighted by Crippen LogP contribution is -1.99. The van der Waals surface area contributed by atoms with E-state index in [0.29, 0.717) is 29.9 Å². The highest BCUT2D eigenvalue weighted by Crippen LogP contribution is 2.19. The van der Waals surface area contributed by atoms with Crippen molar-refractivity contribution in [2.24, 2.45) is 0 Å². The third-order valence-electron chi connectivity index (χ3n) is 2.56. The van der Waals surface area contributed by atoms with Crippen LogP contribution in [0.5, 0.6) is 0 Å². The number of ether oxygens (including phenoxy) is 4. The highest BCUT2D eigenvalue weighted by atomic mass is 16.6. The smallest absolute Gasteiger partial charge is 0.346 e. The number of rotatable bonds is 3. The van der Waals surface area contributed by atoms with Crippen LogP contribution < -0.4 is 0 Å². The number of carbonyl (C=O) groups is 2. The second-order valence-electron chi connectivity index (χ2n) is 4.47. The van der Waals surface area contributed by atoms with Crippen LogP contribution in [-0.4, -0.2) is 31.8 Å². The summed E-state index contributed by atoms with van der Waals surface area (Å²) in [7, 11) is 1.49. The third kappa shape index (κ3) is 5.33. The maximum absolute atomic E-state index is 10.9. The fourth-order valence-electron chi connectivity index (χ4n) is 1.69. The molecule has 0 aromatic rings. The van der Waals surface area contributed by atoms with Gasteiger partial charge < -0.3 is 18.9 Å². The fraction of sp³-hybridized carbons (Fsp3) is 0.467. The van der Waals surface area contributed by atoms with Gasteiger partial charge in [-0.25, -0.2) is 9.59 Å². The molecule has 1 unspecified atom stereocenters. The highest BCUT2D eigenvalue weighted by molar-refractivity contribution is 5.94. The summed E-state index contributed by atoms with van der Waals surface area (Å²) in [5.74, 6) is 0.0126. The van der Waals surface area contributed by atoms with Gasteiger partial charge >= 0.3 is 11.9 Å². The van der Waals surface area contributed by atoms with Gasteiger partial charge in [0.05, 0.1) is 37.4 Å². The van der Waals surface area contributed by atoms with E-state index in [1.54, 1.807) is 13.0 Å². The van der Waals surface area contributed by atoms with Gasteiger partial charge in [-0.05, 0) is 26.8 Å². The number of hydrogen-bond donors (Lipinski definition) is 0. The SMILES string of the molecule is CCO/C=C1/CC(C)OC1=O.CO/C=C1\C=C(C)OC1=O. The summed E-state index contributed by atoms with van der Waals surface area (Å²) >= 11 is 0. The predicted octanol–water partition coefficient (Wildman–Crippen LogP) is 2.22. The average Bonchev–Trinajstić information content (AvgIpc) is 2.90. The second-order valence-corrected chi connectivity index (χ2v) is 4.47. The molecule has 0 spiro atoms. The van der Waals surface area contributed by atoms with Crippen LogP contribution in [-0.2, 0) is 28.5 Å². The largest absolute Gasteiger partial charge is 0.503 e. The summed E-state index contributed by atoms with van der Waals surface area (Å²) in [5.41, 5.74) is 1.10. The molecule has 0 radical (unpaired) electrons. The maximum atomic E-state index is 10.9. The van der Waals surface area contributed by atoms with Crippen molar-refractivity contribution in [1.82, 2.24) is 0 Å². The molecule has 21 heavy (non-hydrogen) atoms. The summed E-state index contributed by atoms with van der Waals surface area (Å²) in [5, 5.41) is 0. The van der Waals surface area contributed by atoms with Gasteiger partial charge in [0.15, 0.2) is 0 Å². The molecule has 6 heteroatoms. The zero-order valence-electron chi connectivity index (χ0n) is 12.7. The fourth-order valence-corrected chi connectivity index (χ4v) is 1.69. The van der Waals surface area contributed by atoms with E-state index in [9.17, 15) is 9.59 Å². The number of carbonyl (C=O) groups excluding carboxylic acids is 2. The molecule has 0 bridgehead atoms. The van der Waals surface area contributed by atoms with Gasteiger partial charge in [-0.1, -0.05) is 0 Å². The van der Waals surface area contributed by atoms with Crippen molar-refractivity contribution < 1.29 is 28.5 Å². The molecule has 116 valence electrons. The van der Waals surface area contributed by atoms with Crippen molar-refractivity contribution in [2.75, 3.05) is 13.7 Å². The Morgan fingerprint density at radius 1 is 1.33 bits per heavy atom. The maximum Gasteiger partial charge on any atom is 0.346 e. The Morgan fingerprint density at radius 3 is 2.48 bits per heavy atom. The summed E-state index contributed by atoms with van der Waals surface area (Å²) in [6, 6.07) is 0. The highest BCUT2D eigenvalue weighted by Gasteiger charge is 2.25. The standard InChI is InChI=1S/C8H12O3.C7H8O3/c1-3-10-5-7-4-6(2)11-8(7)9;1-5-3-6(4-9-2)7(8)10-5/h5-6H,3-4H2,1-2H3;3-4H,1-2H3/b7-5-;6-4+. The summed E-state index contributed by atoms with van der Waals surface area (Å²) in [6.07, 6.45) is 5.16. The molecule has 0 aliphatic carbocycles. The van der Waals surface area contributed by atoms with E-state index in [1.807, 2.05) is 13.8 Å². The predicted molar refractivity (Wildman–Crippen MR) is 74.8 cm³/mol. The van der Waals surface area contributed by atoms with E-state index in [4.69, 9.17) is 14.2 Å². The van der Waals surface area contributed by atoms with Crippen molar-refractivity contribution in [2.45, 2.75) is 33.3 Å². The third-order valence-corrected chi connectivity index (χ3v) is 2.56. The van der Waals surface area contributed by atoms with Crippen molar-refractivity contribution in [1.29, 1.82) is 0 Å². The molecule has 1 saturated heterocycles. The molecular weight excluding hydrogens is 276 g/mol. The van der Waals surface area contributed by atoms with E-state index in [1.165, 1.54) is 19.6 Å². The minimum absolute atomic E-state index is 0.00852. The van der Waals surface area contributed by atoms with Crippen LogP contribution >= 0.6 is 0 Å². The van der Waals surface area contributed by atoms with Gasteiger partial charge in [-0.15, -0.1) is 0 Å². The van der Waals surface area contributed by atoms with E-state index < -0.39 is 0 Å². The van der Waals surface area contributed by atoms with Crippen molar-refractivity contribution in [3.05, 3.63) is 35.5 Å². The normalized spacial score (nSPS) is 24.2. The van der Waals surface area contributed by atoms with E-state index in [-0.39, 0.29) is 18.0 Å². The Hall–Kier alpha value is -2.24. The van der Waals surface area contributed by atoms with Gasteiger partial charge in [-0.2, -0.15) is 0 Å². The lowest BCUT2D eigenvalue weighted by atomic mass is 10.2. The molecular formula is C15H20O6. The zero-order chi connectivity index (χ0) is 15.8. The molecule has 2 heterocycles. The Labute approximate surface area is 124 Å². The molecule has 1 fully saturated rings. The zero-order valence-corrected chi connectivity index (χ0v) is 12.7. The van der Waals surface area contributed by atoms with Gasteiger partial charge in [0.1, 0.15) is 11.9 Å². The lowest BCUT2D eigenvalue weighted by molar-refractivity contribution is -0.138. The first-order chi connectivity index (χ1) is 9.97. The lowest BCUT2D eigenvalue weighted by Gasteiger charge is -1.94. The van der Waals surface area contributed by atoms with Gasteiger partial charge in [0.2, 0.25) is 0 Å². The van der Waals surface area contributed by atoms with Gasteiger partial charge in [0, 0.05) is 6.42 Å². The van der Waals surface area contributed by atoms with Crippen molar-refractivity contribution in [3.63, 3.8) is 0 Å². The van der Waals surface area contributed by atoms with Crippen LogP contribution in [0.1, 0.15) is 27.2 Å². The van der Waals surface area contributed by atoms with Gasteiger partial charge in [0.25, 0.3) is 0 Å². The Balaban J connectivity index is 0.000000211. The van der Waals surface area contributed by atoms with Crippen molar-refractivity contribution >= 4 is 11.9 Å². The van der Waals surface area contributed by atoms with E-state index >= 15 is 0 Å². The summed E-state index contributed by atoms with van der Waals surface area (Å²) in [4.78, 5) is 21.7. The van der Waals surface area contributed by atoms with Crippen LogP contribution in [0.15, 0.2) is 35.5 Å². The number of cyclic esters (lactones) is 2. The second kappa shape index (κ2) is 8.14. The minimum Gasteiger partial charge on any atom is -0.503 e. The molecule has 2 aliphatic rings. The van der Waals surface area contributed by atoms with Crippen LogP contribution in [0.4, 0.5) is 0 Å². The minimum atomic E-state index is -0.348. The molecule has 2 rings (SSSR count). The summed E-state index contributed by atoms with van der Waals surface area (Å²) < 4.78 is 19.2. The molecule has 0 N–H and O–H groups in total. The first-order valence-corrected chi connectivity index (χ1v) is 6.63. The molecule has 0 amide bonds. The molecule has 6 nitrogen and oxygen atoms in total. The Bertz CT molecular complexity index is 486.